The molecule has 0 radical (unpaired) electrons. The smallest absolute Gasteiger partial charge is 0.123 e. The Morgan fingerprint density at radius 2 is 1.86 bits per heavy atom. The van der Waals surface area contributed by atoms with Gasteiger partial charge < -0.3 is 9.64 Å². The van der Waals surface area contributed by atoms with Crippen molar-refractivity contribution in [2.24, 2.45) is 5.92 Å². The molecule has 2 fully saturated rings. The van der Waals surface area contributed by atoms with Crippen molar-refractivity contribution in [1.29, 1.82) is 0 Å². The third-order valence-corrected chi connectivity index (χ3v) is 7.89. The Morgan fingerprint density at radius 1 is 1.03 bits per heavy atom. The predicted octanol–water partition coefficient (Wildman–Crippen LogP) is 4.62. The van der Waals surface area contributed by atoms with Gasteiger partial charge in [0, 0.05) is 50.6 Å². The first-order valence-corrected chi connectivity index (χ1v) is 12.9. The molecule has 2 aliphatic rings. The van der Waals surface area contributed by atoms with E-state index in [9.17, 15) is 4.39 Å². The van der Waals surface area contributed by atoms with Gasteiger partial charge in [-0.2, -0.15) is 10.2 Å². The van der Waals surface area contributed by atoms with Gasteiger partial charge in [-0.3, -0.25) is 4.68 Å². The molecule has 4 aromatic rings. The highest BCUT2D eigenvalue weighted by Crippen LogP contribution is 2.33. The first-order valence-electron chi connectivity index (χ1n) is 12.1. The quantitative estimate of drug-likeness (QED) is 0.335. The molecule has 0 N–H and O–H groups in total. The van der Waals surface area contributed by atoms with Crippen LogP contribution in [0.4, 0.5) is 10.1 Å². The van der Waals surface area contributed by atoms with E-state index < -0.39 is 0 Å². The van der Waals surface area contributed by atoms with E-state index in [1.165, 1.54) is 35.6 Å². The maximum atomic E-state index is 13.3. The van der Waals surface area contributed by atoms with Gasteiger partial charge in [0.15, 0.2) is 0 Å². The fourth-order valence-electron chi connectivity index (χ4n) is 4.72. The number of anilines is 1. The first-order chi connectivity index (χ1) is 17.2. The average Bonchev–Trinajstić information content (AvgIpc) is 3.41. The molecule has 1 saturated heterocycles. The summed E-state index contributed by atoms with van der Waals surface area (Å²) < 4.78 is 25.3. The summed E-state index contributed by atoms with van der Waals surface area (Å²) in [5.41, 5.74) is 3.03. The number of hydrogen-bond acceptors (Lipinski definition) is 6. The lowest BCUT2D eigenvalue weighted by molar-refractivity contribution is 0.132. The number of rotatable bonds is 8. The lowest BCUT2D eigenvalue weighted by Gasteiger charge is -2.41. The van der Waals surface area contributed by atoms with Gasteiger partial charge in [0.05, 0.1) is 41.1 Å². The third-order valence-electron chi connectivity index (χ3n) is 6.75. The van der Waals surface area contributed by atoms with E-state index in [0.717, 1.165) is 48.7 Å². The van der Waals surface area contributed by atoms with Crippen LogP contribution in [0.25, 0.3) is 16.6 Å². The van der Waals surface area contributed by atoms with E-state index in [1.807, 2.05) is 17.1 Å². The molecular weight excluding hydrogens is 463 g/mol. The Balaban J connectivity index is 1.16. The van der Waals surface area contributed by atoms with E-state index in [1.54, 1.807) is 31.2 Å². The highest BCUT2D eigenvalue weighted by Gasteiger charge is 2.29. The fourth-order valence-corrected chi connectivity index (χ4v) is 5.70. The highest BCUT2D eigenvalue weighted by atomic mass is 32.2. The van der Waals surface area contributed by atoms with Gasteiger partial charge in [-0.05, 0) is 73.2 Å². The summed E-state index contributed by atoms with van der Waals surface area (Å²) in [7, 11) is 1.77. The molecule has 9 heteroatoms. The average molecular weight is 493 g/mol. The van der Waals surface area contributed by atoms with Gasteiger partial charge in [-0.25, -0.2) is 13.4 Å². The summed E-state index contributed by atoms with van der Waals surface area (Å²) in [6.45, 7) is 4.45. The predicted molar refractivity (Wildman–Crippen MR) is 136 cm³/mol. The van der Waals surface area contributed by atoms with Crippen molar-refractivity contribution >= 4 is 28.5 Å². The summed E-state index contributed by atoms with van der Waals surface area (Å²) in [6.07, 6.45) is 8.69. The number of nitrogens with zero attached hydrogens (tertiary/aromatic N) is 6. The lowest BCUT2D eigenvalue weighted by atomic mass is 10.1. The standard InChI is InChI=1S/C26H29FN6OS/c1-34-18-24-16-30(10-11-32(24)35-25-14-28-31(17-25)15-19-2-3-19)23-8-9-26-20(12-23)13-29-33(26)22-6-4-21(27)5-7-22/h4-9,12-14,17,19,24H,2-3,10-11,15-16,18H2,1H3/t24-/m0/s1. The van der Waals surface area contributed by atoms with Crippen LogP contribution in [-0.2, 0) is 11.3 Å². The van der Waals surface area contributed by atoms with Crippen LogP contribution in [0.5, 0.6) is 0 Å². The van der Waals surface area contributed by atoms with Crippen LogP contribution >= 0.6 is 11.9 Å². The van der Waals surface area contributed by atoms with Crippen molar-refractivity contribution in [3.8, 4) is 5.69 Å². The number of aromatic nitrogens is 4. The van der Waals surface area contributed by atoms with Gasteiger partial charge >= 0.3 is 0 Å². The molecule has 0 amide bonds. The molecule has 6 rings (SSSR count). The van der Waals surface area contributed by atoms with Gasteiger partial charge in [0.25, 0.3) is 0 Å². The van der Waals surface area contributed by atoms with E-state index in [-0.39, 0.29) is 11.9 Å². The van der Waals surface area contributed by atoms with Gasteiger partial charge in [-0.15, -0.1) is 0 Å². The van der Waals surface area contributed by atoms with Crippen molar-refractivity contribution in [3.63, 3.8) is 0 Å². The molecular formula is C26H29FN6OS. The zero-order chi connectivity index (χ0) is 23.8. The van der Waals surface area contributed by atoms with Crippen molar-refractivity contribution in [2.45, 2.75) is 30.3 Å². The highest BCUT2D eigenvalue weighted by molar-refractivity contribution is 7.97. The van der Waals surface area contributed by atoms with Crippen LogP contribution in [0, 0.1) is 11.7 Å². The van der Waals surface area contributed by atoms with Crippen LogP contribution < -0.4 is 4.90 Å². The summed E-state index contributed by atoms with van der Waals surface area (Å²) in [5.74, 6) is 0.570. The Bertz CT molecular complexity index is 1300. The maximum Gasteiger partial charge on any atom is 0.123 e. The lowest BCUT2D eigenvalue weighted by Crippen LogP contribution is -2.52. The molecule has 2 aromatic carbocycles. The topological polar surface area (TPSA) is 51.4 Å². The number of methoxy groups -OCH3 is 1. The van der Waals surface area contributed by atoms with E-state index in [4.69, 9.17) is 4.74 Å². The van der Waals surface area contributed by atoms with E-state index in [2.05, 4.69) is 48.5 Å². The normalized spacial score (nSPS) is 19.0. The minimum absolute atomic E-state index is 0.248. The van der Waals surface area contributed by atoms with Crippen LogP contribution in [0.1, 0.15) is 12.8 Å². The molecule has 0 spiro atoms. The second-order valence-electron chi connectivity index (χ2n) is 9.40. The van der Waals surface area contributed by atoms with Gasteiger partial charge in [0.1, 0.15) is 5.82 Å². The minimum atomic E-state index is -0.248. The first kappa shape index (κ1) is 22.6. The summed E-state index contributed by atoms with van der Waals surface area (Å²) in [4.78, 5) is 3.61. The van der Waals surface area contributed by atoms with Crippen LogP contribution in [-0.4, -0.2) is 63.3 Å². The van der Waals surface area contributed by atoms with Crippen molar-refractivity contribution in [1.82, 2.24) is 23.9 Å². The molecule has 0 bridgehead atoms. The van der Waals surface area contributed by atoms with Crippen LogP contribution in [0.3, 0.4) is 0 Å². The molecule has 1 atom stereocenters. The van der Waals surface area contributed by atoms with Gasteiger partial charge in [0.2, 0.25) is 0 Å². The molecule has 1 aliphatic carbocycles. The number of piperazine rings is 1. The molecule has 2 aromatic heterocycles. The molecule has 182 valence electrons. The summed E-state index contributed by atoms with van der Waals surface area (Å²) in [5, 5.41) is 10.2. The summed E-state index contributed by atoms with van der Waals surface area (Å²) in [6, 6.07) is 13.1. The molecule has 1 saturated carbocycles. The fraction of sp³-hybridized carbons (Fsp3) is 0.385. The van der Waals surface area contributed by atoms with E-state index >= 15 is 0 Å². The monoisotopic (exact) mass is 492 g/mol. The minimum Gasteiger partial charge on any atom is -0.383 e. The molecule has 7 nitrogen and oxygen atoms in total. The zero-order valence-corrected chi connectivity index (χ0v) is 20.6. The number of benzene rings is 2. The SMILES string of the molecule is COC[C@@H]1CN(c2ccc3c(cnn3-c3ccc(F)cc3)c2)CCN1Sc1cnn(CC2CC2)c1. The van der Waals surface area contributed by atoms with E-state index in [0.29, 0.717) is 6.61 Å². The largest absolute Gasteiger partial charge is 0.383 e. The molecule has 1 aliphatic heterocycles. The second kappa shape index (κ2) is 9.64. The van der Waals surface area contributed by atoms with Crippen LogP contribution in [0.15, 0.2) is 66.0 Å². The Morgan fingerprint density at radius 3 is 2.66 bits per heavy atom. The second-order valence-corrected chi connectivity index (χ2v) is 10.5. The zero-order valence-electron chi connectivity index (χ0n) is 19.8. The van der Waals surface area contributed by atoms with Crippen LogP contribution in [0.2, 0.25) is 0 Å². The third kappa shape index (κ3) is 4.94. The molecule has 3 heterocycles. The van der Waals surface area contributed by atoms with Gasteiger partial charge in [-0.1, -0.05) is 0 Å². The number of ether oxygens (including phenoxy) is 1. The number of hydrogen-bond donors (Lipinski definition) is 0. The Hall–Kier alpha value is -2.88. The molecule has 35 heavy (non-hydrogen) atoms. The summed E-state index contributed by atoms with van der Waals surface area (Å²) >= 11 is 1.79. The Kier molecular flexibility index (Phi) is 6.22. The molecule has 0 unspecified atom stereocenters. The van der Waals surface area contributed by atoms with Crippen molar-refractivity contribution < 1.29 is 9.13 Å². The van der Waals surface area contributed by atoms with Crippen molar-refractivity contribution in [2.75, 3.05) is 38.3 Å². The van der Waals surface area contributed by atoms with Crippen molar-refractivity contribution in [3.05, 3.63) is 66.9 Å². The Labute approximate surface area is 208 Å². The number of halogens is 1. The maximum absolute atomic E-state index is 13.3. The number of fused-ring (bicyclic) bond motifs is 1.